The number of anilines is 1. The second-order valence-electron chi connectivity index (χ2n) is 5.24. The van der Waals surface area contributed by atoms with E-state index in [9.17, 15) is 14.7 Å². The van der Waals surface area contributed by atoms with E-state index < -0.39 is 12.4 Å². The Morgan fingerprint density at radius 2 is 1.73 bits per heavy atom. The maximum atomic E-state index is 11.7. The van der Waals surface area contributed by atoms with Crippen LogP contribution in [0.2, 0.25) is 0 Å². The Kier molecular flexibility index (Phi) is 4.04. The van der Waals surface area contributed by atoms with E-state index in [4.69, 9.17) is 9.47 Å². The maximum absolute atomic E-state index is 11.7. The van der Waals surface area contributed by atoms with Crippen molar-refractivity contribution in [3.63, 3.8) is 0 Å². The van der Waals surface area contributed by atoms with Crippen LogP contribution in [0.4, 0.5) is 5.69 Å². The van der Waals surface area contributed by atoms with Gasteiger partial charge in [0, 0.05) is 37.9 Å². The monoisotopic (exact) mass is 305 g/mol. The Morgan fingerprint density at radius 1 is 1.05 bits per heavy atom. The molecule has 0 unspecified atom stereocenters. The molecular formula is C15H17N2O5-. The van der Waals surface area contributed by atoms with E-state index in [0.29, 0.717) is 39.4 Å². The van der Waals surface area contributed by atoms with Gasteiger partial charge in [0.25, 0.3) is 0 Å². The van der Waals surface area contributed by atoms with E-state index in [2.05, 4.69) is 4.90 Å². The van der Waals surface area contributed by atoms with Crippen LogP contribution in [0.15, 0.2) is 18.2 Å². The van der Waals surface area contributed by atoms with Gasteiger partial charge in [-0.25, -0.2) is 0 Å². The highest BCUT2D eigenvalue weighted by Gasteiger charge is 2.22. The second-order valence-corrected chi connectivity index (χ2v) is 5.24. The fourth-order valence-electron chi connectivity index (χ4n) is 2.68. The number of piperazine rings is 1. The molecule has 1 amide bonds. The molecule has 2 heterocycles. The largest absolute Gasteiger partial charge is 0.550 e. The van der Waals surface area contributed by atoms with Crippen molar-refractivity contribution in [3.8, 4) is 11.5 Å². The zero-order valence-electron chi connectivity index (χ0n) is 12.1. The van der Waals surface area contributed by atoms with Crippen LogP contribution in [0.25, 0.3) is 0 Å². The van der Waals surface area contributed by atoms with E-state index in [-0.39, 0.29) is 5.91 Å². The van der Waals surface area contributed by atoms with Crippen molar-refractivity contribution in [1.82, 2.24) is 4.90 Å². The standard InChI is InChI=1S/C15H18N2O5/c18-14(10-15(19)20)17-5-3-16(4-6-17)11-1-2-12-13(9-11)22-8-7-21-12/h1-2,9H,3-8,10H2,(H,19,20)/p-1. The third-order valence-electron chi connectivity index (χ3n) is 3.82. The number of carboxylic acid groups (broad SMARTS) is 1. The molecule has 0 saturated carbocycles. The Bertz CT molecular complexity index is 581. The molecule has 2 aliphatic rings. The number of aliphatic carboxylic acids is 1. The zero-order valence-corrected chi connectivity index (χ0v) is 12.1. The van der Waals surface area contributed by atoms with Crippen LogP contribution >= 0.6 is 0 Å². The van der Waals surface area contributed by atoms with Gasteiger partial charge in [-0.15, -0.1) is 0 Å². The summed E-state index contributed by atoms with van der Waals surface area (Å²) in [6.45, 7) is 3.41. The summed E-state index contributed by atoms with van der Waals surface area (Å²) in [5, 5.41) is 10.5. The molecule has 0 aliphatic carbocycles. The van der Waals surface area contributed by atoms with Crippen LogP contribution in [0.3, 0.4) is 0 Å². The Morgan fingerprint density at radius 3 is 2.41 bits per heavy atom. The molecule has 2 aliphatic heterocycles. The number of carboxylic acids is 1. The van der Waals surface area contributed by atoms with E-state index >= 15 is 0 Å². The fraction of sp³-hybridized carbons (Fsp3) is 0.467. The van der Waals surface area contributed by atoms with Gasteiger partial charge in [0.15, 0.2) is 11.5 Å². The number of carbonyl (C=O) groups excluding carboxylic acids is 2. The third kappa shape index (κ3) is 3.08. The lowest BCUT2D eigenvalue weighted by atomic mass is 10.2. The molecule has 0 radical (unpaired) electrons. The van der Waals surface area contributed by atoms with Crippen molar-refractivity contribution in [2.24, 2.45) is 0 Å². The first-order valence-corrected chi connectivity index (χ1v) is 7.26. The molecule has 0 N–H and O–H groups in total. The van der Waals surface area contributed by atoms with Crippen LogP contribution in [-0.2, 0) is 9.59 Å². The van der Waals surface area contributed by atoms with E-state index in [1.165, 1.54) is 0 Å². The molecule has 1 fully saturated rings. The average molecular weight is 305 g/mol. The van der Waals surface area contributed by atoms with Crippen molar-refractivity contribution < 1.29 is 24.2 Å². The molecule has 22 heavy (non-hydrogen) atoms. The summed E-state index contributed by atoms with van der Waals surface area (Å²) in [6.07, 6.45) is -0.552. The van der Waals surface area contributed by atoms with E-state index in [0.717, 1.165) is 17.2 Å². The zero-order chi connectivity index (χ0) is 15.5. The van der Waals surface area contributed by atoms with Crippen LogP contribution in [-0.4, -0.2) is 56.2 Å². The highest BCUT2D eigenvalue weighted by atomic mass is 16.6. The van der Waals surface area contributed by atoms with Gasteiger partial charge in [-0.2, -0.15) is 0 Å². The Balaban J connectivity index is 1.61. The van der Waals surface area contributed by atoms with Gasteiger partial charge in [-0.3, -0.25) is 4.79 Å². The number of carbonyl (C=O) groups is 2. The molecule has 3 rings (SSSR count). The average Bonchev–Trinajstić information content (AvgIpc) is 2.54. The minimum Gasteiger partial charge on any atom is -0.550 e. The summed E-state index contributed by atoms with van der Waals surface area (Å²) in [7, 11) is 0. The van der Waals surface area contributed by atoms with Gasteiger partial charge in [0.05, 0.1) is 12.4 Å². The quantitative estimate of drug-likeness (QED) is 0.683. The summed E-state index contributed by atoms with van der Waals surface area (Å²) in [6, 6.07) is 5.79. The summed E-state index contributed by atoms with van der Waals surface area (Å²) >= 11 is 0. The molecule has 0 bridgehead atoms. The van der Waals surface area contributed by atoms with Crippen molar-refractivity contribution in [1.29, 1.82) is 0 Å². The highest BCUT2D eigenvalue weighted by Crippen LogP contribution is 2.34. The maximum Gasteiger partial charge on any atom is 0.228 e. The normalized spacial score (nSPS) is 17.3. The molecule has 118 valence electrons. The fourth-order valence-corrected chi connectivity index (χ4v) is 2.68. The molecular weight excluding hydrogens is 288 g/mol. The molecule has 0 atom stereocenters. The molecule has 1 aromatic carbocycles. The van der Waals surface area contributed by atoms with Gasteiger partial charge < -0.3 is 29.2 Å². The van der Waals surface area contributed by atoms with Gasteiger partial charge in [-0.05, 0) is 12.1 Å². The molecule has 7 heteroatoms. The summed E-state index contributed by atoms with van der Waals surface area (Å²) in [5.41, 5.74) is 1.01. The summed E-state index contributed by atoms with van der Waals surface area (Å²) < 4.78 is 11.1. The predicted molar refractivity (Wildman–Crippen MR) is 75.8 cm³/mol. The molecule has 0 spiro atoms. The number of hydrogen-bond acceptors (Lipinski definition) is 6. The van der Waals surface area contributed by atoms with E-state index in [1.807, 2.05) is 18.2 Å². The minimum atomic E-state index is -1.33. The number of amides is 1. The number of nitrogens with zero attached hydrogens (tertiary/aromatic N) is 2. The van der Waals surface area contributed by atoms with Crippen molar-refractivity contribution in [2.75, 3.05) is 44.3 Å². The van der Waals surface area contributed by atoms with E-state index in [1.54, 1.807) is 4.90 Å². The van der Waals surface area contributed by atoms with Crippen molar-refractivity contribution in [3.05, 3.63) is 18.2 Å². The number of benzene rings is 1. The molecule has 0 aromatic heterocycles. The predicted octanol–water partition coefficient (Wildman–Crippen LogP) is -0.754. The molecule has 1 saturated heterocycles. The third-order valence-corrected chi connectivity index (χ3v) is 3.82. The van der Waals surface area contributed by atoms with Gasteiger partial charge in [-0.1, -0.05) is 0 Å². The van der Waals surface area contributed by atoms with Crippen molar-refractivity contribution >= 4 is 17.6 Å². The van der Waals surface area contributed by atoms with Crippen LogP contribution in [0.5, 0.6) is 11.5 Å². The first kappa shape index (κ1) is 14.5. The Hall–Kier alpha value is -2.44. The first-order valence-electron chi connectivity index (χ1n) is 7.26. The smallest absolute Gasteiger partial charge is 0.228 e. The van der Waals surface area contributed by atoms with Gasteiger partial charge in [0.2, 0.25) is 5.91 Å². The van der Waals surface area contributed by atoms with Crippen LogP contribution in [0.1, 0.15) is 6.42 Å². The molecule has 7 nitrogen and oxygen atoms in total. The minimum absolute atomic E-state index is 0.387. The summed E-state index contributed by atoms with van der Waals surface area (Å²) in [4.78, 5) is 25.9. The lowest BCUT2D eigenvalue weighted by molar-refractivity contribution is -0.304. The number of hydrogen-bond donors (Lipinski definition) is 0. The Labute approximate surface area is 128 Å². The number of rotatable bonds is 3. The number of fused-ring (bicyclic) bond motifs is 1. The molecule has 1 aromatic rings. The highest BCUT2D eigenvalue weighted by molar-refractivity contribution is 5.92. The number of ether oxygens (including phenoxy) is 2. The van der Waals surface area contributed by atoms with Crippen LogP contribution < -0.4 is 19.5 Å². The summed E-state index contributed by atoms with van der Waals surface area (Å²) in [5.74, 6) is -0.238. The lowest BCUT2D eigenvalue weighted by Gasteiger charge is -2.36. The second kappa shape index (κ2) is 6.13. The van der Waals surface area contributed by atoms with Crippen LogP contribution in [0, 0.1) is 0 Å². The SMILES string of the molecule is O=C([O-])CC(=O)N1CCN(c2ccc3c(c2)OCCO3)CC1. The van der Waals surface area contributed by atoms with Crippen molar-refractivity contribution in [2.45, 2.75) is 6.42 Å². The van der Waals surface area contributed by atoms with Gasteiger partial charge in [0.1, 0.15) is 13.2 Å². The first-order chi connectivity index (χ1) is 10.6. The van der Waals surface area contributed by atoms with Gasteiger partial charge >= 0.3 is 0 Å². The lowest BCUT2D eigenvalue weighted by Crippen LogP contribution is -2.49. The topological polar surface area (TPSA) is 82.1 Å².